The molecule has 0 atom stereocenters. The summed E-state index contributed by atoms with van der Waals surface area (Å²) in [4.78, 5) is 0. The number of furan rings is 1. The molecule has 0 N–H and O–H groups in total. The number of hydrogen-bond donors (Lipinski definition) is 0. The van der Waals surface area contributed by atoms with Crippen molar-refractivity contribution in [2.45, 2.75) is 0 Å². The van der Waals surface area contributed by atoms with Crippen molar-refractivity contribution in [2.75, 3.05) is 0 Å². The van der Waals surface area contributed by atoms with E-state index < -0.39 is 0 Å². The van der Waals surface area contributed by atoms with Crippen molar-refractivity contribution < 1.29 is 4.42 Å². The summed E-state index contributed by atoms with van der Waals surface area (Å²) in [6.07, 6.45) is 0. The topological polar surface area (TPSA) is 13.1 Å². The van der Waals surface area contributed by atoms with Crippen LogP contribution in [0.5, 0.6) is 0 Å². The summed E-state index contributed by atoms with van der Waals surface area (Å²) in [6, 6.07) is 0. The molecule has 0 bridgehead atoms. The SMILES string of the molecule is [B]c1c([B])c(-c2c3c([B])c([B])c([B])c([B])c3c(-c3c([B])c([B])c([B])c4oc5c([B])c([B])c([B])c([B])c5c34)c3c([B])c([B])c([B])c([B])c23)c([B])c([B])c1-c1c([B])c([B])c2c(c1[B])c([B])c([B])c1c([B])c([B])c([B])c([B])c12. The average molecular weight is 871 g/mol. The fraction of sp³-hybridized carbons (Fsp3) is 0. The minimum absolute atomic E-state index is 0.0104. The van der Waals surface area contributed by atoms with Crippen molar-refractivity contribution in [2.24, 2.45) is 0 Å². The van der Waals surface area contributed by atoms with Gasteiger partial charge >= 0.3 is 0 Å². The highest BCUT2D eigenvalue weighted by atomic mass is 16.3. The highest BCUT2D eigenvalue weighted by Gasteiger charge is 2.32. The largest absolute Gasteiger partial charge is 0.457 e. The second-order valence-corrected chi connectivity index (χ2v) is 18.3. The lowest BCUT2D eigenvalue weighted by Crippen LogP contribution is -2.52. The molecule has 9 aromatic carbocycles. The Labute approximate surface area is 472 Å². The number of fused-ring (bicyclic) bond motifs is 8. The molecule has 0 aliphatic carbocycles. The molecule has 0 saturated heterocycles. The van der Waals surface area contributed by atoms with Gasteiger partial charge in [0.25, 0.3) is 0 Å². The van der Waals surface area contributed by atoms with Gasteiger partial charge in [-0.25, -0.2) is 0 Å². The Bertz CT molecular complexity index is 4330. The molecule has 1 nitrogen and oxygen atoms in total. The van der Waals surface area contributed by atoms with Crippen LogP contribution in [0.25, 0.3) is 98.4 Å². The third-order valence-electron chi connectivity index (χ3n) is 14.7. The van der Waals surface area contributed by atoms with E-state index in [1.165, 1.54) is 0 Å². The molecule has 0 aliphatic heterocycles. The van der Waals surface area contributed by atoms with E-state index in [2.05, 4.69) is 0 Å². The first kappa shape index (κ1) is 54.0. The molecule has 0 amide bonds. The van der Waals surface area contributed by atoms with Gasteiger partial charge in [-0.05, 0) is 76.5 Å². The predicted molar refractivity (Wildman–Crippen MR) is 351 cm³/mol. The minimum atomic E-state index is -0.284. The zero-order valence-electron chi connectivity index (χ0n) is 39.6. The monoisotopic (exact) mass is 876 g/mol. The van der Waals surface area contributed by atoms with Crippen LogP contribution in [-0.2, 0) is 0 Å². The van der Waals surface area contributed by atoms with E-state index in [1.54, 1.807) is 0 Å². The molecule has 1 aromatic heterocycles. The molecule has 0 fully saturated rings. The Balaban J connectivity index is 1.44. The van der Waals surface area contributed by atoms with E-state index in [1.807, 2.05) is 0 Å². The van der Waals surface area contributed by atoms with E-state index in [0.717, 1.165) is 0 Å². The fourth-order valence-corrected chi connectivity index (χ4v) is 10.7. The zero-order valence-corrected chi connectivity index (χ0v) is 39.6. The molecule has 1 heterocycles. The van der Waals surface area contributed by atoms with Crippen LogP contribution >= 0.6 is 0 Å². The molecule has 274 valence electrons. The van der Waals surface area contributed by atoms with Gasteiger partial charge in [0.1, 0.15) is 231 Å². The average Bonchev–Trinajstić information content (AvgIpc) is 3.78. The summed E-state index contributed by atoms with van der Waals surface area (Å²) in [5.74, 6) is 0. The van der Waals surface area contributed by atoms with Gasteiger partial charge in [-0.15, -0.1) is 49.2 Å². The van der Waals surface area contributed by atoms with Crippen molar-refractivity contribution in [1.82, 2.24) is 0 Å². The van der Waals surface area contributed by atoms with Crippen molar-refractivity contribution in [3.63, 3.8) is 0 Å². The highest BCUT2D eigenvalue weighted by Crippen LogP contribution is 2.42. The van der Waals surface area contributed by atoms with Gasteiger partial charge in [-0.1, -0.05) is 104 Å². The van der Waals surface area contributed by atoms with Gasteiger partial charge in [-0.3, -0.25) is 0 Å². The van der Waals surface area contributed by atoms with Crippen molar-refractivity contribution in [3.05, 3.63) is 0 Å². The Morgan fingerprint density at radius 2 is 0.320 bits per heavy atom. The van der Waals surface area contributed by atoms with Crippen LogP contribution in [0, 0.1) is 0 Å². The lowest BCUT2D eigenvalue weighted by molar-refractivity contribution is 0.675. The Morgan fingerprint density at radius 1 is 0.120 bits per heavy atom. The van der Waals surface area contributed by atoms with Crippen molar-refractivity contribution in [3.8, 4) is 33.4 Å². The van der Waals surface area contributed by atoms with Gasteiger partial charge in [0.05, 0.1) is 0 Å². The first-order chi connectivity index (χ1) is 35.0. The number of benzene rings is 9. The van der Waals surface area contributed by atoms with Crippen LogP contribution in [0.15, 0.2) is 4.42 Å². The van der Waals surface area contributed by atoms with E-state index in [9.17, 15) is 0 Å². The quantitative estimate of drug-likeness (QED) is 0.0979. The first-order valence-electron chi connectivity index (χ1n) is 22.0. The second-order valence-electron chi connectivity index (χ2n) is 18.3. The summed E-state index contributed by atoms with van der Waals surface area (Å²) in [7, 11) is 190. The molecule has 0 saturated carbocycles. The molecule has 29 heteroatoms. The molecular weight excluding hydrogens is 871 g/mol. The van der Waals surface area contributed by atoms with Gasteiger partial charge in [0.15, 0.2) is 0 Å². The smallest absolute Gasteiger partial charge is 0.128 e. The van der Waals surface area contributed by atoms with Crippen LogP contribution in [0.4, 0.5) is 0 Å². The predicted octanol–water partition coefficient (Wildman–Crippen LogP) is -20.6. The zero-order chi connectivity index (χ0) is 55.3. The van der Waals surface area contributed by atoms with Crippen LogP contribution in [0.3, 0.4) is 0 Å². The van der Waals surface area contributed by atoms with E-state index in [0.29, 0.717) is 0 Å². The van der Waals surface area contributed by atoms with E-state index in [-0.39, 0.29) is 251 Å². The lowest BCUT2D eigenvalue weighted by Gasteiger charge is -2.33. The van der Waals surface area contributed by atoms with Crippen LogP contribution in [0.1, 0.15) is 0 Å². The number of rotatable bonds is 3. The summed E-state index contributed by atoms with van der Waals surface area (Å²) >= 11 is 0. The maximum Gasteiger partial charge on any atom is 0.128 e. The molecule has 0 aliphatic rings. The van der Waals surface area contributed by atoms with Gasteiger partial charge in [0.2, 0.25) is 0 Å². The summed E-state index contributed by atoms with van der Waals surface area (Å²) in [5, 5.41) is 0.627. The van der Waals surface area contributed by atoms with Crippen LogP contribution in [0.2, 0.25) is 0 Å². The van der Waals surface area contributed by atoms with E-state index in [4.69, 9.17) is 224 Å². The molecular formula is C46B28O. The van der Waals surface area contributed by atoms with Gasteiger partial charge in [-0.2, -0.15) is 0 Å². The fourth-order valence-electron chi connectivity index (χ4n) is 10.7. The van der Waals surface area contributed by atoms with Gasteiger partial charge in [0, 0.05) is 10.8 Å². The van der Waals surface area contributed by atoms with E-state index >= 15 is 0 Å². The van der Waals surface area contributed by atoms with Crippen molar-refractivity contribution in [1.29, 1.82) is 0 Å². The van der Waals surface area contributed by atoms with Gasteiger partial charge < -0.3 is 4.42 Å². The first-order valence-corrected chi connectivity index (χ1v) is 22.0. The molecule has 10 rings (SSSR count). The maximum atomic E-state index is 7.21. The standard InChI is InChI=1S/C46B28O/c47-17-12-8(9-13(28(58)27(12)57)32(62)39(69)38(68)24(9)54)18(48)29(59)14(17)15-30(60)25(55)11(26(56)31(15)61)2-5-3(19(49)34(64)36(66)21(5)51)1(4-6(2)22(52)37(67)35(65)20(4)50)7-10-16-33(63)40(70)42(72)44(74)46(16)75-45(10)43(73)41(71)23(7)53. The van der Waals surface area contributed by atoms with Crippen LogP contribution in [-0.4, -0.2) is 220 Å². The second kappa shape index (κ2) is 18.1. The summed E-state index contributed by atoms with van der Waals surface area (Å²) in [5.41, 5.74) is -4.75. The number of hydrogen-bond acceptors (Lipinski definition) is 1. The third kappa shape index (κ3) is 6.85. The normalized spacial score (nSPS) is 11.9. The molecule has 75 heavy (non-hydrogen) atoms. The third-order valence-corrected chi connectivity index (χ3v) is 14.7. The summed E-state index contributed by atoms with van der Waals surface area (Å²) < 4.78 is 6.32. The Hall–Kier alpha value is -4.36. The molecule has 10 aromatic rings. The molecule has 0 unspecified atom stereocenters. The Morgan fingerprint density at radius 3 is 0.707 bits per heavy atom. The summed E-state index contributed by atoms with van der Waals surface area (Å²) in [6.45, 7) is 0. The lowest BCUT2D eigenvalue weighted by atomic mass is 9.55. The highest BCUT2D eigenvalue weighted by molar-refractivity contribution is 6.78. The maximum absolute atomic E-state index is 7.21. The molecule has 0 spiro atoms. The molecule has 56 radical (unpaired) electrons. The Kier molecular flexibility index (Phi) is 13.0. The minimum Gasteiger partial charge on any atom is -0.457 e. The van der Waals surface area contributed by atoms with Crippen LogP contribution < -0.4 is 153 Å². The van der Waals surface area contributed by atoms with Crippen molar-refractivity contribution >= 4 is 438 Å².